The molecule has 1 amide bonds. The van der Waals surface area contributed by atoms with Gasteiger partial charge in [-0.3, -0.25) is 14.5 Å². The molecule has 0 radical (unpaired) electrons. The van der Waals surface area contributed by atoms with E-state index in [4.69, 9.17) is 0 Å². The van der Waals surface area contributed by atoms with Gasteiger partial charge in [-0.2, -0.15) is 0 Å². The van der Waals surface area contributed by atoms with E-state index >= 15 is 0 Å². The third-order valence-electron chi connectivity index (χ3n) is 4.07. The molecule has 6 nitrogen and oxygen atoms in total. The Morgan fingerprint density at radius 3 is 2.68 bits per heavy atom. The highest BCUT2D eigenvalue weighted by molar-refractivity contribution is 9.10. The van der Waals surface area contributed by atoms with Crippen molar-refractivity contribution in [1.29, 1.82) is 0 Å². The smallest absolute Gasteiger partial charge is 0.325 e. The van der Waals surface area contributed by atoms with Crippen LogP contribution in [0.25, 0.3) is 10.9 Å². The summed E-state index contributed by atoms with van der Waals surface area (Å²) in [5.74, 6) is -0.872. The summed E-state index contributed by atoms with van der Waals surface area (Å²) in [5.41, 5.74) is 1.66. The predicted octanol–water partition coefficient (Wildman–Crippen LogP) is 1.83. The number of H-pyrrole nitrogens is 1. The molecular formula is C15H16BrN3O3. The molecule has 1 aliphatic heterocycles. The number of hydrogen-bond acceptors (Lipinski definition) is 3. The highest BCUT2D eigenvalue weighted by Crippen LogP contribution is 2.30. The molecule has 3 rings (SSSR count). The summed E-state index contributed by atoms with van der Waals surface area (Å²) < 4.78 is 0.944. The van der Waals surface area contributed by atoms with Crippen molar-refractivity contribution in [2.75, 3.05) is 26.2 Å². The van der Waals surface area contributed by atoms with Crippen molar-refractivity contribution in [1.82, 2.24) is 14.8 Å². The summed E-state index contributed by atoms with van der Waals surface area (Å²) in [4.78, 5) is 29.3. The Kier molecular flexibility index (Phi) is 4.17. The van der Waals surface area contributed by atoms with Gasteiger partial charge in [0.1, 0.15) is 6.04 Å². The van der Waals surface area contributed by atoms with E-state index in [1.807, 2.05) is 23.1 Å². The number of piperazine rings is 1. The van der Waals surface area contributed by atoms with Crippen LogP contribution in [-0.2, 0) is 9.59 Å². The SMILES string of the molecule is O=CN1CCN([C@H](C(=O)O)c2c[nH]c3cc(Br)ccc23)CC1. The zero-order valence-electron chi connectivity index (χ0n) is 11.8. The molecule has 2 heterocycles. The van der Waals surface area contributed by atoms with E-state index in [0.717, 1.165) is 27.3 Å². The van der Waals surface area contributed by atoms with Gasteiger partial charge in [0.2, 0.25) is 6.41 Å². The number of carbonyl (C=O) groups excluding carboxylic acids is 1. The molecule has 1 atom stereocenters. The van der Waals surface area contributed by atoms with Gasteiger partial charge in [0.15, 0.2) is 0 Å². The van der Waals surface area contributed by atoms with Crippen LogP contribution in [0.2, 0.25) is 0 Å². The molecule has 1 fully saturated rings. The van der Waals surface area contributed by atoms with Crippen molar-refractivity contribution < 1.29 is 14.7 Å². The molecule has 22 heavy (non-hydrogen) atoms. The summed E-state index contributed by atoms with van der Waals surface area (Å²) >= 11 is 3.41. The van der Waals surface area contributed by atoms with Gasteiger partial charge in [-0.05, 0) is 12.1 Å². The number of aromatic amines is 1. The van der Waals surface area contributed by atoms with Crippen molar-refractivity contribution in [3.63, 3.8) is 0 Å². The van der Waals surface area contributed by atoms with E-state index in [9.17, 15) is 14.7 Å². The first-order valence-electron chi connectivity index (χ1n) is 7.03. The second kappa shape index (κ2) is 6.10. The standard InChI is InChI=1S/C15H16BrN3O3/c16-10-1-2-11-12(8-17-13(11)7-10)14(15(21)22)19-5-3-18(9-20)4-6-19/h1-2,7-9,14,17H,3-6H2,(H,21,22)/t14-/m0/s1. The van der Waals surface area contributed by atoms with E-state index in [2.05, 4.69) is 20.9 Å². The molecule has 2 N–H and O–H groups in total. The second-order valence-corrected chi connectivity index (χ2v) is 6.27. The van der Waals surface area contributed by atoms with Crippen LogP contribution in [0, 0.1) is 0 Å². The van der Waals surface area contributed by atoms with Crippen molar-refractivity contribution in [2.24, 2.45) is 0 Å². The van der Waals surface area contributed by atoms with E-state index in [1.165, 1.54) is 0 Å². The van der Waals surface area contributed by atoms with Crippen LogP contribution in [0.4, 0.5) is 0 Å². The van der Waals surface area contributed by atoms with Crippen molar-refractivity contribution in [2.45, 2.75) is 6.04 Å². The summed E-state index contributed by atoms with van der Waals surface area (Å²) in [6.07, 6.45) is 2.58. The van der Waals surface area contributed by atoms with Crippen LogP contribution in [0.3, 0.4) is 0 Å². The molecule has 1 saturated heterocycles. The molecule has 0 saturated carbocycles. The zero-order valence-corrected chi connectivity index (χ0v) is 13.4. The quantitative estimate of drug-likeness (QED) is 0.810. The van der Waals surface area contributed by atoms with Crippen LogP contribution in [-0.4, -0.2) is 58.4 Å². The molecule has 0 bridgehead atoms. The monoisotopic (exact) mass is 365 g/mol. The Morgan fingerprint density at radius 2 is 2.05 bits per heavy atom. The Hall–Kier alpha value is -1.86. The molecule has 1 aliphatic rings. The first-order chi connectivity index (χ1) is 10.6. The Bertz CT molecular complexity index is 707. The summed E-state index contributed by atoms with van der Waals surface area (Å²) in [6.45, 7) is 2.22. The summed E-state index contributed by atoms with van der Waals surface area (Å²) in [6, 6.07) is 5.05. The Labute approximate surface area is 135 Å². The number of nitrogens with zero attached hydrogens (tertiary/aromatic N) is 2. The Balaban J connectivity index is 1.93. The van der Waals surface area contributed by atoms with E-state index in [0.29, 0.717) is 26.2 Å². The minimum Gasteiger partial charge on any atom is -0.480 e. The lowest BCUT2D eigenvalue weighted by molar-refractivity contribution is -0.144. The number of rotatable bonds is 4. The van der Waals surface area contributed by atoms with Gasteiger partial charge in [-0.1, -0.05) is 22.0 Å². The maximum absolute atomic E-state index is 11.8. The minimum atomic E-state index is -0.872. The topological polar surface area (TPSA) is 76.6 Å². The maximum Gasteiger partial charge on any atom is 0.325 e. The zero-order chi connectivity index (χ0) is 15.7. The number of aliphatic carboxylic acids is 1. The average Bonchev–Trinajstić information content (AvgIpc) is 2.90. The number of hydrogen-bond donors (Lipinski definition) is 2. The number of benzene rings is 1. The minimum absolute atomic E-state index is 0.554. The van der Waals surface area contributed by atoms with Gasteiger partial charge in [-0.25, -0.2) is 0 Å². The molecule has 1 aromatic carbocycles. The van der Waals surface area contributed by atoms with Crippen molar-refractivity contribution in [3.8, 4) is 0 Å². The van der Waals surface area contributed by atoms with Crippen molar-refractivity contribution >= 4 is 39.2 Å². The average molecular weight is 366 g/mol. The highest BCUT2D eigenvalue weighted by atomic mass is 79.9. The number of carboxylic acids is 1. The molecular weight excluding hydrogens is 350 g/mol. The highest BCUT2D eigenvalue weighted by Gasteiger charge is 2.31. The van der Waals surface area contributed by atoms with Crippen LogP contribution >= 0.6 is 15.9 Å². The van der Waals surface area contributed by atoms with Gasteiger partial charge >= 0.3 is 5.97 Å². The number of fused-ring (bicyclic) bond motifs is 1. The number of carboxylic acid groups (broad SMARTS) is 1. The fraction of sp³-hybridized carbons (Fsp3) is 0.333. The van der Waals surface area contributed by atoms with Gasteiger partial charge in [-0.15, -0.1) is 0 Å². The van der Waals surface area contributed by atoms with Crippen molar-refractivity contribution in [3.05, 3.63) is 34.4 Å². The summed E-state index contributed by atoms with van der Waals surface area (Å²) in [7, 11) is 0. The lowest BCUT2D eigenvalue weighted by Gasteiger charge is -2.36. The normalized spacial score (nSPS) is 17.6. The third kappa shape index (κ3) is 2.74. The second-order valence-electron chi connectivity index (χ2n) is 5.35. The van der Waals surface area contributed by atoms with Gasteiger partial charge in [0.05, 0.1) is 0 Å². The lowest BCUT2D eigenvalue weighted by Crippen LogP contribution is -2.48. The molecule has 0 spiro atoms. The van der Waals surface area contributed by atoms with E-state index in [-0.39, 0.29) is 0 Å². The van der Waals surface area contributed by atoms with Crippen LogP contribution in [0.1, 0.15) is 11.6 Å². The summed E-state index contributed by atoms with van der Waals surface area (Å²) in [5, 5.41) is 10.6. The van der Waals surface area contributed by atoms with E-state index in [1.54, 1.807) is 11.1 Å². The first-order valence-corrected chi connectivity index (χ1v) is 7.82. The third-order valence-corrected chi connectivity index (χ3v) is 4.56. The molecule has 2 aromatic rings. The fourth-order valence-corrected chi connectivity index (χ4v) is 3.30. The van der Waals surface area contributed by atoms with Crippen LogP contribution in [0.5, 0.6) is 0 Å². The predicted molar refractivity (Wildman–Crippen MR) is 85.6 cm³/mol. The largest absolute Gasteiger partial charge is 0.480 e. The number of carbonyl (C=O) groups is 2. The number of aromatic nitrogens is 1. The van der Waals surface area contributed by atoms with Gasteiger partial charge in [0.25, 0.3) is 0 Å². The maximum atomic E-state index is 11.8. The fourth-order valence-electron chi connectivity index (χ4n) is 2.93. The van der Waals surface area contributed by atoms with Gasteiger partial charge in [0, 0.05) is 53.3 Å². The van der Waals surface area contributed by atoms with Crippen LogP contribution in [0.15, 0.2) is 28.9 Å². The van der Waals surface area contributed by atoms with E-state index < -0.39 is 12.0 Å². The molecule has 0 unspecified atom stereocenters. The lowest BCUT2D eigenvalue weighted by atomic mass is 10.0. The van der Waals surface area contributed by atoms with Gasteiger partial charge < -0.3 is 15.0 Å². The number of amides is 1. The molecule has 1 aromatic heterocycles. The molecule has 7 heteroatoms. The first kappa shape index (κ1) is 15.1. The molecule has 0 aliphatic carbocycles. The number of halogens is 1. The Morgan fingerprint density at radius 1 is 1.32 bits per heavy atom. The number of nitrogens with one attached hydrogen (secondary N) is 1. The molecule has 116 valence electrons. The van der Waals surface area contributed by atoms with Crippen LogP contribution < -0.4 is 0 Å².